The first-order valence-electron chi connectivity index (χ1n) is 7.35. The fraction of sp³-hybridized carbons (Fsp3) is 0.167. The fourth-order valence-electron chi connectivity index (χ4n) is 2.44. The second-order valence-electron chi connectivity index (χ2n) is 5.07. The third-order valence-electron chi connectivity index (χ3n) is 3.65. The molecule has 0 atom stereocenters. The van der Waals surface area contributed by atoms with Crippen molar-refractivity contribution in [1.82, 2.24) is 10.4 Å². The summed E-state index contributed by atoms with van der Waals surface area (Å²) in [6.07, 6.45) is 3.77. The van der Waals surface area contributed by atoms with Gasteiger partial charge in [0.2, 0.25) is 0 Å². The van der Waals surface area contributed by atoms with Crippen LogP contribution in [0.15, 0.2) is 53.8 Å². The van der Waals surface area contributed by atoms with Crippen LogP contribution in [-0.2, 0) is 6.54 Å². The minimum atomic E-state index is 0.610. The largest absolute Gasteiger partial charge is 0.493 e. The molecule has 0 spiro atoms. The lowest BCUT2D eigenvalue weighted by atomic mass is 10.2. The number of hydrogen-bond donors (Lipinski definition) is 2. The topological polar surface area (TPSA) is 58.6 Å². The van der Waals surface area contributed by atoms with Gasteiger partial charge in [0.05, 0.1) is 27.0 Å². The van der Waals surface area contributed by atoms with Gasteiger partial charge in [0.1, 0.15) is 0 Å². The molecule has 23 heavy (non-hydrogen) atoms. The molecule has 0 saturated heterocycles. The van der Waals surface area contributed by atoms with Crippen LogP contribution in [0.5, 0.6) is 11.5 Å². The molecule has 2 aromatic carbocycles. The van der Waals surface area contributed by atoms with Crippen LogP contribution in [0, 0.1) is 0 Å². The molecule has 0 amide bonds. The average Bonchev–Trinajstić information content (AvgIpc) is 3.01. The van der Waals surface area contributed by atoms with E-state index in [9.17, 15) is 0 Å². The lowest BCUT2D eigenvalue weighted by Gasteiger charge is -2.09. The third-order valence-corrected chi connectivity index (χ3v) is 3.65. The summed E-state index contributed by atoms with van der Waals surface area (Å²) in [5.74, 6) is 1.44. The Bertz CT molecular complexity index is 824. The molecule has 3 rings (SSSR count). The number of aromatic nitrogens is 1. The SMILES string of the molecule is COc1ccc(CN/N=C/c2c[nH]c3ccccc23)cc1OC. The van der Waals surface area contributed by atoms with Gasteiger partial charge in [-0.2, -0.15) is 5.10 Å². The first-order chi connectivity index (χ1) is 11.3. The van der Waals surface area contributed by atoms with Crippen LogP contribution in [0.4, 0.5) is 0 Å². The molecule has 0 fully saturated rings. The zero-order valence-electron chi connectivity index (χ0n) is 13.2. The fourth-order valence-corrected chi connectivity index (χ4v) is 2.44. The summed E-state index contributed by atoms with van der Waals surface area (Å²) in [6.45, 7) is 0.610. The zero-order valence-corrected chi connectivity index (χ0v) is 13.2. The van der Waals surface area contributed by atoms with Gasteiger partial charge in [-0.25, -0.2) is 0 Å². The highest BCUT2D eigenvalue weighted by Crippen LogP contribution is 2.27. The molecule has 0 aliphatic heterocycles. The van der Waals surface area contributed by atoms with Crippen LogP contribution >= 0.6 is 0 Å². The van der Waals surface area contributed by atoms with E-state index in [0.29, 0.717) is 12.3 Å². The van der Waals surface area contributed by atoms with Gasteiger partial charge in [0, 0.05) is 22.7 Å². The summed E-state index contributed by atoms with van der Waals surface area (Å²) in [5.41, 5.74) is 6.28. The lowest BCUT2D eigenvalue weighted by Crippen LogP contribution is -2.05. The second kappa shape index (κ2) is 6.87. The maximum Gasteiger partial charge on any atom is 0.161 e. The molecule has 118 valence electrons. The first-order valence-corrected chi connectivity index (χ1v) is 7.35. The number of rotatable bonds is 6. The normalized spacial score (nSPS) is 11.0. The summed E-state index contributed by atoms with van der Waals surface area (Å²) in [5, 5.41) is 5.45. The summed E-state index contributed by atoms with van der Waals surface area (Å²) in [4.78, 5) is 3.23. The number of hydrogen-bond acceptors (Lipinski definition) is 4. The van der Waals surface area contributed by atoms with Crippen molar-refractivity contribution in [3.63, 3.8) is 0 Å². The molecule has 0 aliphatic rings. The Morgan fingerprint density at radius 3 is 2.74 bits per heavy atom. The number of methoxy groups -OCH3 is 2. The van der Waals surface area contributed by atoms with Crippen molar-refractivity contribution < 1.29 is 9.47 Å². The highest BCUT2D eigenvalue weighted by Gasteiger charge is 2.04. The second-order valence-corrected chi connectivity index (χ2v) is 5.07. The van der Waals surface area contributed by atoms with Gasteiger partial charge >= 0.3 is 0 Å². The molecule has 0 unspecified atom stereocenters. The highest BCUT2D eigenvalue weighted by molar-refractivity contribution is 5.98. The Hall–Kier alpha value is -2.95. The summed E-state index contributed by atoms with van der Waals surface area (Å²) in [6, 6.07) is 14.0. The van der Waals surface area contributed by atoms with Crippen molar-refractivity contribution in [3.05, 3.63) is 59.8 Å². The van der Waals surface area contributed by atoms with E-state index in [0.717, 1.165) is 27.8 Å². The van der Waals surface area contributed by atoms with Gasteiger partial charge in [-0.3, -0.25) is 0 Å². The van der Waals surface area contributed by atoms with E-state index >= 15 is 0 Å². The van der Waals surface area contributed by atoms with E-state index in [-0.39, 0.29) is 0 Å². The summed E-state index contributed by atoms with van der Waals surface area (Å²) < 4.78 is 10.5. The minimum Gasteiger partial charge on any atom is -0.493 e. The van der Waals surface area contributed by atoms with Crippen LogP contribution in [-0.4, -0.2) is 25.4 Å². The van der Waals surface area contributed by atoms with Crippen LogP contribution in [0.25, 0.3) is 10.9 Å². The van der Waals surface area contributed by atoms with E-state index in [2.05, 4.69) is 21.6 Å². The van der Waals surface area contributed by atoms with Crippen molar-refractivity contribution in [1.29, 1.82) is 0 Å². The predicted octanol–water partition coefficient (Wildman–Crippen LogP) is 3.31. The van der Waals surface area contributed by atoms with E-state index in [4.69, 9.17) is 9.47 Å². The maximum absolute atomic E-state index is 5.29. The van der Waals surface area contributed by atoms with Crippen LogP contribution in [0.1, 0.15) is 11.1 Å². The number of H-pyrrole nitrogens is 1. The minimum absolute atomic E-state index is 0.610. The molecule has 1 aromatic heterocycles. The number of ether oxygens (including phenoxy) is 2. The number of hydrazone groups is 1. The van der Waals surface area contributed by atoms with E-state index in [1.807, 2.05) is 48.8 Å². The average molecular weight is 309 g/mol. The van der Waals surface area contributed by atoms with E-state index < -0.39 is 0 Å². The number of fused-ring (bicyclic) bond motifs is 1. The maximum atomic E-state index is 5.29. The first kappa shape index (κ1) is 15.0. The Balaban J connectivity index is 1.65. The molecule has 5 heteroatoms. The predicted molar refractivity (Wildman–Crippen MR) is 92.3 cm³/mol. The molecule has 0 saturated carbocycles. The van der Waals surface area contributed by atoms with Crippen molar-refractivity contribution in [2.24, 2.45) is 5.10 Å². The zero-order chi connectivity index (χ0) is 16.1. The monoisotopic (exact) mass is 309 g/mol. The van der Waals surface area contributed by atoms with Crippen LogP contribution in [0.3, 0.4) is 0 Å². The smallest absolute Gasteiger partial charge is 0.161 e. The summed E-state index contributed by atoms with van der Waals surface area (Å²) in [7, 11) is 3.26. The number of para-hydroxylation sites is 1. The van der Waals surface area contributed by atoms with Crippen LogP contribution < -0.4 is 14.9 Å². The molecular weight excluding hydrogens is 290 g/mol. The van der Waals surface area contributed by atoms with Gasteiger partial charge in [0.15, 0.2) is 11.5 Å². The molecule has 3 aromatic rings. The Kier molecular flexibility index (Phi) is 4.47. The van der Waals surface area contributed by atoms with E-state index in [1.165, 1.54) is 0 Å². The number of nitrogens with zero attached hydrogens (tertiary/aromatic N) is 1. The lowest BCUT2D eigenvalue weighted by molar-refractivity contribution is 0.354. The van der Waals surface area contributed by atoms with Crippen molar-refractivity contribution >= 4 is 17.1 Å². The van der Waals surface area contributed by atoms with Gasteiger partial charge in [-0.15, -0.1) is 0 Å². The van der Waals surface area contributed by atoms with Gasteiger partial charge < -0.3 is 19.9 Å². The van der Waals surface area contributed by atoms with Crippen molar-refractivity contribution in [2.75, 3.05) is 14.2 Å². The molecule has 2 N–H and O–H groups in total. The van der Waals surface area contributed by atoms with Crippen LogP contribution in [0.2, 0.25) is 0 Å². The standard InChI is InChI=1S/C18H19N3O2/c1-22-17-8-7-13(9-18(17)23-2)10-20-21-12-14-11-19-16-6-4-3-5-15(14)16/h3-9,11-12,19-20H,10H2,1-2H3/b21-12+. The molecule has 0 bridgehead atoms. The van der Waals surface area contributed by atoms with Gasteiger partial charge in [-0.05, 0) is 23.8 Å². The Morgan fingerprint density at radius 2 is 1.91 bits per heavy atom. The van der Waals surface area contributed by atoms with Gasteiger partial charge in [-0.1, -0.05) is 24.3 Å². The Morgan fingerprint density at radius 1 is 1.09 bits per heavy atom. The summed E-state index contributed by atoms with van der Waals surface area (Å²) >= 11 is 0. The Labute approximate surface area is 134 Å². The molecule has 0 radical (unpaired) electrons. The molecular formula is C18H19N3O2. The van der Waals surface area contributed by atoms with Gasteiger partial charge in [0.25, 0.3) is 0 Å². The molecule has 0 aliphatic carbocycles. The highest BCUT2D eigenvalue weighted by atomic mass is 16.5. The van der Waals surface area contributed by atoms with E-state index in [1.54, 1.807) is 14.2 Å². The quantitative estimate of drug-likeness (QED) is 0.542. The number of benzene rings is 2. The molecule has 1 heterocycles. The van der Waals surface area contributed by atoms with Crippen molar-refractivity contribution in [3.8, 4) is 11.5 Å². The number of nitrogens with one attached hydrogen (secondary N) is 2. The number of aromatic amines is 1. The molecule has 5 nitrogen and oxygen atoms in total. The van der Waals surface area contributed by atoms with Crippen molar-refractivity contribution in [2.45, 2.75) is 6.54 Å². The third kappa shape index (κ3) is 3.29.